The molecule has 0 aliphatic heterocycles. The van der Waals surface area contributed by atoms with E-state index in [1.807, 2.05) is 30.3 Å². The first-order valence-corrected chi connectivity index (χ1v) is 8.47. The van der Waals surface area contributed by atoms with E-state index in [9.17, 15) is 4.79 Å². The third kappa shape index (κ3) is 3.31. The average molecular weight is 337 g/mol. The van der Waals surface area contributed by atoms with Crippen LogP contribution in [0.25, 0.3) is 0 Å². The summed E-state index contributed by atoms with van der Waals surface area (Å²) in [6.07, 6.45) is 6.98. The molecule has 1 aromatic carbocycles. The van der Waals surface area contributed by atoms with E-state index in [4.69, 9.17) is 4.52 Å². The van der Waals surface area contributed by atoms with Gasteiger partial charge in [-0.05, 0) is 24.8 Å². The number of hydrogen-bond acceptors (Lipinski definition) is 5. The predicted octanol–water partition coefficient (Wildman–Crippen LogP) is 2.32. The Morgan fingerprint density at radius 1 is 1.24 bits per heavy atom. The van der Waals surface area contributed by atoms with Crippen LogP contribution in [0.3, 0.4) is 0 Å². The Morgan fingerprint density at radius 3 is 2.88 bits per heavy atom. The van der Waals surface area contributed by atoms with Crippen molar-refractivity contribution >= 4 is 5.91 Å². The molecule has 128 valence electrons. The molecular formula is C18H19N5O2. The summed E-state index contributed by atoms with van der Waals surface area (Å²) in [4.78, 5) is 16.8. The van der Waals surface area contributed by atoms with Gasteiger partial charge in [-0.15, -0.1) is 0 Å². The first-order valence-electron chi connectivity index (χ1n) is 8.47. The summed E-state index contributed by atoms with van der Waals surface area (Å²) < 4.78 is 7.07. The molecule has 0 fully saturated rings. The van der Waals surface area contributed by atoms with Gasteiger partial charge in [-0.25, -0.2) is 4.98 Å². The summed E-state index contributed by atoms with van der Waals surface area (Å²) in [6, 6.07) is 9.60. The molecule has 25 heavy (non-hydrogen) atoms. The molecule has 2 aromatic heterocycles. The molecule has 0 radical (unpaired) electrons. The van der Waals surface area contributed by atoms with Gasteiger partial charge in [-0.3, -0.25) is 9.48 Å². The maximum Gasteiger partial charge on any atom is 0.274 e. The summed E-state index contributed by atoms with van der Waals surface area (Å²) in [5.74, 6) is 0.643. The van der Waals surface area contributed by atoms with E-state index in [0.29, 0.717) is 12.2 Å². The molecule has 1 atom stereocenters. The predicted molar refractivity (Wildman–Crippen MR) is 89.8 cm³/mol. The number of carbonyl (C=O) groups is 1. The summed E-state index contributed by atoms with van der Waals surface area (Å²) in [7, 11) is 0. The van der Waals surface area contributed by atoms with E-state index in [1.165, 1.54) is 6.33 Å². The van der Waals surface area contributed by atoms with Gasteiger partial charge in [0.25, 0.3) is 5.91 Å². The van der Waals surface area contributed by atoms with Crippen molar-refractivity contribution in [2.24, 2.45) is 0 Å². The highest BCUT2D eigenvalue weighted by molar-refractivity contribution is 5.94. The van der Waals surface area contributed by atoms with Gasteiger partial charge in [-0.2, -0.15) is 5.10 Å². The third-order valence-electron chi connectivity index (χ3n) is 4.51. The lowest BCUT2D eigenvalue weighted by Crippen LogP contribution is -2.32. The third-order valence-corrected chi connectivity index (χ3v) is 4.51. The fraction of sp³-hybridized carbons (Fsp3) is 0.333. The zero-order valence-corrected chi connectivity index (χ0v) is 13.8. The highest BCUT2D eigenvalue weighted by Crippen LogP contribution is 2.25. The molecule has 7 heteroatoms. The summed E-state index contributed by atoms with van der Waals surface area (Å²) in [5.41, 5.74) is 2.37. The van der Waals surface area contributed by atoms with E-state index in [2.05, 4.69) is 20.6 Å². The van der Waals surface area contributed by atoms with Crippen LogP contribution in [0.2, 0.25) is 0 Å². The Bertz CT molecular complexity index is 842. The van der Waals surface area contributed by atoms with Gasteiger partial charge in [0.1, 0.15) is 18.4 Å². The Kier molecular flexibility index (Phi) is 4.28. The smallest absolute Gasteiger partial charge is 0.274 e. The van der Waals surface area contributed by atoms with Crippen molar-refractivity contribution in [2.45, 2.75) is 38.3 Å². The minimum atomic E-state index is -0.230. The van der Waals surface area contributed by atoms with Crippen molar-refractivity contribution in [1.82, 2.24) is 25.2 Å². The van der Waals surface area contributed by atoms with Gasteiger partial charge in [0.2, 0.25) is 0 Å². The number of hydrogen-bond donors (Lipinski definition) is 1. The SMILES string of the molecule is O=C(NC(Cn1cncn1)c1ccccc1)c1noc2c1CCCC2. The lowest BCUT2D eigenvalue weighted by atomic mass is 9.96. The van der Waals surface area contributed by atoms with Gasteiger partial charge >= 0.3 is 0 Å². The number of amides is 1. The van der Waals surface area contributed by atoms with Crippen molar-refractivity contribution < 1.29 is 9.32 Å². The zero-order chi connectivity index (χ0) is 17.1. The molecule has 0 spiro atoms. The lowest BCUT2D eigenvalue weighted by molar-refractivity contribution is 0.0922. The number of fused-ring (bicyclic) bond motifs is 1. The fourth-order valence-electron chi connectivity index (χ4n) is 3.22. The molecule has 7 nitrogen and oxygen atoms in total. The van der Waals surface area contributed by atoms with E-state index in [1.54, 1.807) is 11.0 Å². The number of aryl methyl sites for hydroxylation is 1. The van der Waals surface area contributed by atoms with Crippen molar-refractivity contribution in [3.63, 3.8) is 0 Å². The Hall–Kier alpha value is -2.96. The first-order chi connectivity index (χ1) is 12.3. The van der Waals surface area contributed by atoms with E-state index < -0.39 is 0 Å². The van der Waals surface area contributed by atoms with Gasteiger partial charge < -0.3 is 9.84 Å². The number of nitrogens with zero attached hydrogens (tertiary/aromatic N) is 4. The lowest BCUT2D eigenvalue weighted by Gasteiger charge is -2.19. The number of carbonyl (C=O) groups excluding carboxylic acids is 1. The number of benzene rings is 1. The van der Waals surface area contributed by atoms with Crippen molar-refractivity contribution in [1.29, 1.82) is 0 Å². The van der Waals surface area contributed by atoms with E-state index >= 15 is 0 Å². The van der Waals surface area contributed by atoms with Gasteiger partial charge in [0.05, 0.1) is 12.6 Å². The number of rotatable bonds is 5. The topological polar surface area (TPSA) is 85.8 Å². The molecule has 0 bridgehead atoms. The van der Waals surface area contributed by atoms with Crippen molar-refractivity contribution in [3.05, 3.63) is 65.6 Å². The quantitative estimate of drug-likeness (QED) is 0.772. The minimum Gasteiger partial charge on any atom is -0.360 e. The summed E-state index contributed by atoms with van der Waals surface area (Å²) in [6.45, 7) is 0.496. The molecule has 0 saturated carbocycles. The Morgan fingerprint density at radius 2 is 2.08 bits per heavy atom. The second-order valence-electron chi connectivity index (χ2n) is 6.19. The molecule has 1 aliphatic rings. The van der Waals surface area contributed by atoms with Crippen LogP contribution in [0.5, 0.6) is 0 Å². The van der Waals surface area contributed by atoms with Crippen LogP contribution in [0.1, 0.15) is 46.3 Å². The van der Waals surface area contributed by atoms with Crippen LogP contribution in [0.15, 0.2) is 47.5 Å². The average Bonchev–Trinajstić information content (AvgIpc) is 3.31. The fourth-order valence-corrected chi connectivity index (χ4v) is 3.22. The van der Waals surface area contributed by atoms with Gasteiger partial charge in [0.15, 0.2) is 5.69 Å². The standard InChI is InChI=1S/C18H19N5O2/c24-18(17-14-8-4-5-9-16(14)25-22-17)21-15(10-23-12-19-11-20-23)13-6-2-1-3-7-13/h1-3,6-7,11-12,15H,4-5,8-10H2,(H,21,24). The number of aromatic nitrogens is 4. The second-order valence-corrected chi connectivity index (χ2v) is 6.19. The van der Waals surface area contributed by atoms with Crippen LogP contribution in [0.4, 0.5) is 0 Å². The normalized spacial score (nSPS) is 14.7. The van der Waals surface area contributed by atoms with Crippen LogP contribution >= 0.6 is 0 Å². The highest BCUT2D eigenvalue weighted by Gasteiger charge is 2.26. The molecule has 0 saturated heterocycles. The minimum absolute atomic E-state index is 0.208. The van der Waals surface area contributed by atoms with E-state index in [-0.39, 0.29) is 11.9 Å². The second kappa shape index (κ2) is 6.88. The summed E-state index contributed by atoms with van der Waals surface area (Å²) >= 11 is 0. The van der Waals surface area contributed by atoms with Crippen LogP contribution in [-0.4, -0.2) is 25.8 Å². The van der Waals surface area contributed by atoms with Gasteiger partial charge in [0, 0.05) is 12.0 Å². The molecule has 1 aliphatic carbocycles. The number of nitrogens with one attached hydrogen (secondary N) is 1. The molecule has 1 amide bonds. The maximum absolute atomic E-state index is 12.8. The van der Waals surface area contributed by atoms with E-state index in [0.717, 1.165) is 42.6 Å². The van der Waals surface area contributed by atoms with Gasteiger partial charge in [-0.1, -0.05) is 35.5 Å². The molecule has 4 rings (SSSR count). The van der Waals surface area contributed by atoms with Crippen LogP contribution in [-0.2, 0) is 19.4 Å². The van der Waals surface area contributed by atoms with Crippen LogP contribution < -0.4 is 5.32 Å². The Balaban J connectivity index is 1.57. The van der Waals surface area contributed by atoms with Crippen molar-refractivity contribution in [3.8, 4) is 0 Å². The molecule has 1 N–H and O–H groups in total. The van der Waals surface area contributed by atoms with Crippen LogP contribution in [0, 0.1) is 0 Å². The Labute approximate surface area is 145 Å². The molecule has 2 heterocycles. The largest absolute Gasteiger partial charge is 0.360 e. The van der Waals surface area contributed by atoms with Crippen molar-refractivity contribution in [2.75, 3.05) is 0 Å². The highest BCUT2D eigenvalue weighted by atomic mass is 16.5. The maximum atomic E-state index is 12.8. The molecular weight excluding hydrogens is 318 g/mol. The monoisotopic (exact) mass is 337 g/mol. The molecule has 3 aromatic rings. The molecule has 1 unspecified atom stereocenters. The zero-order valence-electron chi connectivity index (χ0n) is 13.8. The summed E-state index contributed by atoms with van der Waals surface area (Å²) in [5, 5.41) is 11.2. The first kappa shape index (κ1) is 15.6.